The zero-order valence-electron chi connectivity index (χ0n) is 30.6. The summed E-state index contributed by atoms with van der Waals surface area (Å²) in [4.78, 5) is 35.1. The highest BCUT2D eigenvalue weighted by Crippen LogP contribution is 2.18. The summed E-state index contributed by atoms with van der Waals surface area (Å²) < 4.78 is 43.8. The number of unbranched alkanes of at least 4 members (excludes halogenated alkanes) is 1. The highest BCUT2D eigenvalue weighted by molar-refractivity contribution is 5.83. The van der Waals surface area contributed by atoms with Crippen LogP contribution >= 0.6 is 0 Å². The molecule has 0 spiro atoms. The maximum absolute atomic E-state index is 12.0. The Bertz CT molecular complexity index is 802. The number of ketones is 1. The number of carbonyl (C=O) groups excluding carboxylic acids is 2. The van der Waals surface area contributed by atoms with E-state index in [4.69, 9.17) is 37.9 Å². The molecule has 0 rings (SSSR count). The Balaban J connectivity index is 3.28. The quantitative estimate of drug-likeness (QED) is 0.0842. The molecule has 0 bridgehead atoms. The van der Waals surface area contributed by atoms with Crippen molar-refractivity contribution >= 4 is 17.7 Å². The topological polar surface area (TPSA) is 169 Å². The van der Waals surface area contributed by atoms with Crippen LogP contribution in [0, 0.1) is 5.41 Å². The zero-order chi connectivity index (χ0) is 35.9. The van der Waals surface area contributed by atoms with Crippen LogP contribution in [0.5, 0.6) is 0 Å². The number of carbonyl (C=O) groups is 3. The fourth-order valence-electron chi connectivity index (χ4n) is 3.91. The van der Waals surface area contributed by atoms with Crippen molar-refractivity contribution < 1.29 is 57.4 Å². The maximum Gasteiger partial charge on any atom is 0.320 e. The number of carboxylic acid groups (broad SMARTS) is 1. The van der Waals surface area contributed by atoms with Crippen molar-refractivity contribution in [2.45, 2.75) is 85.2 Å². The molecule has 0 saturated carbocycles. The molecule has 0 aliphatic carbocycles. The van der Waals surface area contributed by atoms with Gasteiger partial charge in [-0.1, -0.05) is 20.8 Å². The minimum Gasteiger partial charge on any atom is -0.480 e. The second-order valence-electron chi connectivity index (χ2n) is 13.2. The Kier molecular flexibility index (Phi) is 29.0. The van der Waals surface area contributed by atoms with E-state index >= 15 is 0 Å². The average Bonchev–Trinajstić information content (AvgIpc) is 3.01. The van der Waals surface area contributed by atoms with E-state index in [9.17, 15) is 19.5 Å². The molecular weight excluding hydrogens is 628 g/mol. The van der Waals surface area contributed by atoms with Gasteiger partial charge in [-0.05, 0) is 40.0 Å². The van der Waals surface area contributed by atoms with Crippen LogP contribution in [0.1, 0.15) is 73.6 Å². The van der Waals surface area contributed by atoms with E-state index < -0.39 is 12.0 Å². The van der Waals surface area contributed by atoms with Crippen LogP contribution < -0.4 is 10.6 Å². The summed E-state index contributed by atoms with van der Waals surface area (Å²) in [5, 5.41) is 15.0. The van der Waals surface area contributed by atoms with Crippen molar-refractivity contribution in [1.82, 2.24) is 10.6 Å². The molecule has 14 nitrogen and oxygen atoms in total. The minimum absolute atomic E-state index is 0.124. The van der Waals surface area contributed by atoms with Crippen LogP contribution in [0.25, 0.3) is 0 Å². The Labute approximate surface area is 288 Å². The van der Waals surface area contributed by atoms with E-state index in [1.54, 1.807) is 0 Å². The number of nitrogens with one attached hydrogen (secondary N) is 2. The molecule has 0 aromatic carbocycles. The average molecular weight is 695 g/mol. The monoisotopic (exact) mass is 694 g/mol. The van der Waals surface area contributed by atoms with Gasteiger partial charge in [0, 0.05) is 36.9 Å². The van der Waals surface area contributed by atoms with Crippen molar-refractivity contribution in [1.29, 1.82) is 0 Å². The lowest BCUT2D eigenvalue weighted by atomic mass is 9.88. The number of carboxylic acids is 1. The smallest absolute Gasteiger partial charge is 0.320 e. The Morgan fingerprint density at radius 3 is 1.27 bits per heavy atom. The molecular formula is C34H66N2O12. The lowest BCUT2D eigenvalue weighted by molar-refractivity contribution is -0.140. The van der Waals surface area contributed by atoms with Gasteiger partial charge in [0.15, 0.2) is 0 Å². The second kappa shape index (κ2) is 30.1. The van der Waals surface area contributed by atoms with Gasteiger partial charge >= 0.3 is 5.97 Å². The standard InChI is InChI=1S/C34H66N2O12/c1-33(2,3)30(37)9-7-8-13-41-15-17-43-19-21-45-23-25-47-27-28-48-26-24-46-22-20-44-18-16-42-14-12-35-31(38)11-10-29(32(39)40)36-34(4,5)6/h29,36H,7-28H2,1-6H3,(H,35,38)(H,39,40)/t29-/m0/s1. The van der Waals surface area contributed by atoms with Gasteiger partial charge in [0.1, 0.15) is 11.8 Å². The van der Waals surface area contributed by atoms with Crippen molar-refractivity contribution in [2.75, 3.05) is 112 Å². The summed E-state index contributed by atoms with van der Waals surface area (Å²) in [5.74, 6) is -0.878. The lowest BCUT2D eigenvalue weighted by Crippen LogP contribution is -2.48. The number of hydrogen-bond donors (Lipinski definition) is 3. The first kappa shape index (κ1) is 46.2. The van der Waals surface area contributed by atoms with E-state index in [-0.39, 0.29) is 29.7 Å². The van der Waals surface area contributed by atoms with Gasteiger partial charge in [0.05, 0.1) is 99.1 Å². The van der Waals surface area contributed by atoms with Gasteiger partial charge in [-0.25, -0.2) is 0 Å². The third-order valence-electron chi connectivity index (χ3n) is 6.52. The highest BCUT2D eigenvalue weighted by atomic mass is 16.6. The number of ether oxygens (including phenoxy) is 8. The largest absolute Gasteiger partial charge is 0.480 e. The minimum atomic E-state index is -0.966. The number of Topliss-reactive ketones (excluding diaryl/α,β-unsaturated/α-hetero) is 1. The molecule has 1 amide bonds. The summed E-state index contributed by atoms with van der Waals surface area (Å²) in [5.41, 5.74) is -0.610. The van der Waals surface area contributed by atoms with Crippen LogP contribution in [-0.4, -0.2) is 147 Å². The summed E-state index contributed by atoms with van der Waals surface area (Å²) in [6, 6.07) is -0.771. The van der Waals surface area contributed by atoms with E-state index in [2.05, 4.69) is 10.6 Å². The van der Waals surface area contributed by atoms with Crippen LogP contribution in [0.2, 0.25) is 0 Å². The number of rotatable bonds is 34. The zero-order valence-corrected chi connectivity index (χ0v) is 30.6. The maximum atomic E-state index is 12.0. The molecule has 0 unspecified atom stereocenters. The SMILES string of the molecule is CC(C)(C)N[C@@H](CCC(=O)NCCOCCOCCOCCOCCOCCOCCOCCOCCCCC(=O)C(C)(C)C)C(=O)O. The van der Waals surface area contributed by atoms with E-state index in [0.717, 1.165) is 12.8 Å². The van der Waals surface area contributed by atoms with Crippen LogP contribution in [0.15, 0.2) is 0 Å². The molecule has 14 heteroatoms. The number of amides is 1. The highest BCUT2D eigenvalue weighted by Gasteiger charge is 2.24. The van der Waals surface area contributed by atoms with Gasteiger partial charge in [0.2, 0.25) is 5.91 Å². The first-order chi connectivity index (χ1) is 22.8. The molecule has 1 atom stereocenters. The van der Waals surface area contributed by atoms with E-state index in [1.807, 2.05) is 41.5 Å². The van der Waals surface area contributed by atoms with Crippen molar-refractivity contribution in [3.8, 4) is 0 Å². The first-order valence-corrected chi connectivity index (χ1v) is 17.3. The predicted molar refractivity (Wildman–Crippen MR) is 181 cm³/mol. The number of hydrogen-bond acceptors (Lipinski definition) is 12. The fourth-order valence-corrected chi connectivity index (χ4v) is 3.91. The third-order valence-corrected chi connectivity index (χ3v) is 6.52. The Hall–Kier alpha value is -1.75. The predicted octanol–water partition coefficient (Wildman–Crippen LogP) is 2.64. The van der Waals surface area contributed by atoms with Crippen molar-refractivity contribution in [3.05, 3.63) is 0 Å². The Morgan fingerprint density at radius 2 is 0.917 bits per heavy atom. The second-order valence-corrected chi connectivity index (χ2v) is 13.2. The van der Waals surface area contributed by atoms with Gasteiger partial charge in [0.25, 0.3) is 0 Å². The van der Waals surface area contributed by atoms with E-state index in [1.165, 1.54) is 0 Å². The summed E-state index contributed by atoms with van der Waals surface area (Å²) in [6.07, 6.45) is 2.68. The molecule has 284 valence electrons. The lowest BCUT2D eigenvalue weighted by Gasteiger charge is -2.25. The van der Waals surface area contributed by atoms with Crippen LogP contribution in [0.3, 0.4) is 0 Å². The van der Waals surface area contributed by atoms with Crippen molar-refractivity contribution in [3.63, 3.8) is 0 Å². The van der Waals surface area contributed by atoms with Crippen LogP contribution in [0.4, 0.5) is 0 Å². The summed E-state index contributed by atoms with van der Waals surface area (Å²) in [6.45, 7) is 19.5. The third kappa shape index (κ3) is 32.8. The molecule has 0 aliphatic heterocycles. The van der Waals surface area contributed by atoms with Gasteiger partial charge in [-0.15, -0.1) is 0 Å². The molecule has 0 heterocycles. The fraction of sp³-hybridized carbons (Fsp3) is 0.912. The van der Waals surface area contributed by atoms with Crippen molar-refractivity contribution in [2.24, 2.45) is 5.41 Å². The Morgan fingerprint density at radius 1 is 0.542 bits per heavy atom. The normalized spacial score (nSPS) is 12.7. The van der Waals surface area contributed by atoms with Gasteiger partial charge < -0.3 is 48.3 Å². The molecule has 0 saturated heterocycles. The molecule has 0 radical (unpaired) electrons. The van der Waals surface area contributed by atoms with Crippen LogP contribution in [-0.2, 0) is 52.3 Å². The molecule has 0 fully saturated rings. The summed E-state index contributed by atoms with van der Waals surface area (Å²) in [7, 11) is 0. The van der Waals surface area contributed by atoms with E-state index in [0.29, 0.717) is 124 Å². The van der Waals surface area contributed by atoms with Gasteiger partial charge in [-0.3, -0.25) is 19.7 Å². The summed E-state index contributed by atoms with van der Waals surface area (Å²) >= 11 is 0. The molecule has 0 aromatic heterocycles. The van der Waals surface area contributed by atoms with Gasteiger partial charge in [-0.2, -0.15) is 0 Å². The molecule has 48 heavy (non-hydrogen) atoms. The molecule has 0 aromatic rings. The first-order valence-electron chi connectivity index (χ1n) is 17.3. The molecule has 3 N–H and O–H groups in total. The molecule has 0 aliphatic rings. The number of aliphatic carboxylic acids is 1.